The highest BCUT2D eigenvalue weighted by Crippen LogP contribution is 2.45. The minimum atomic E-state index is -1.33. The molecule has 0 unspecified atom stereocenters. The first-order chi connectivity index (χ1) is 13.9. The Bertz CT molecular complexity index is 983. The van der Waals surface area contributed by atoms with E-state index in [-0.39, 0.29) is 36.6 Å². The smallest absolute Gasteiger partial charge is 0.267 e. The summed E-state index contributed by atoms with van der Waals surface area (Å²) < 4.78 is 0. The molecule has 4 rings (SSSR count). The number of nitrogens with one attached hydrogen (secondary N) is 1. The molecule has 1 fully saturated rings. The molecular formula is C23H25N3O3. The molecule has 0 bridgehead atoms. The molecule has 150 valence electrons. The van der Waals surface area contributed by atoms with Gasteiger partial charge in [-0.1, -0.05) is 42.0 Å². The molecule has 2 heterocycles. The highest BCUT2D eigenvalue weighted by Gasteiger charge is 2.61. The van der Waals surface area contributed by atoms with Crippen molar-refractivity contribution in [2.45, 2.75) is 51.9 Å². The lowest BCUT2D eigenvalue weighted by Crippen LogP contribution is -2.71. The van der Waals surface area contributed by atoms with Gasteiger partial charge in [-0.05, 0) is 38.5 Å². The number of anilines is 1. The number of hydrogen-bond acceptors (Lipinski definition) is 3. The van der Waals surface area contributed by atoms with Gasteiger partial charge in [0.25, 0.3) is 11.8 Å². The Morgan fingerprint density at radius 2 is 1.79 bits per heavy atom. The predicted molar refractivity (Wildman–Crippen MR) is 110 cm³/mol. The summed E-state index contributed by atoms with van der Waals surface area (Å²) in [6.45, 7) is 6.10. The zero-order valence-corrected chi connectivity index (χ0v) is 16.9. The molecule has 6 nitrogen and oxygen atoms in total. The number of nitrogens with zero attached hydrogens (tertiary/aromatic N) is 2. The number of aryl methyl sites for hydroxylation is 1. The van der Waals surface area contributed by atoms with Gasteiger partial charge in [0.1, 0.15) is 0 Å². The van der Waals surface area contributed by atoms with Gasteiger partial charge in [-0.3, -0.25) is 19.3 Å². The summed E-state index contributed by atoms with van der Waals surface area (Å²) in [6, 6.07) is 14.7. The highest BCUT2D eigenvalue weighted by atomic mass is 16.2. The molecule has 1 atom stereocenters. The molecule has 0 aliphatic carbocycles. The van der Waals surface area contributed by atoms with Crippen LogP contribution in [-0.2, 0) is 16.1 Å². The van der Waals surface area contributed by atoms with E-state index in [4.69, 9.17) is 0 Å². The van der Waals surface area contributed by atoms with Gasteiger partial charge in [-0.25, -0.2) is 0 Å². The first-order valence-corrected chi connectivity index (χ1v) is 9.96. The number of benzene rings is 2. The van der Waals surface area contributed by atoms with E-state index in [0.717, 1.165) is 11.1 Å². The van der Waals surface area contributed by atoms with Crippen molar-refractivity contribution < 1.29 is 14.4 Å². The quantitative estimate of drug-likeness (QED) is 0.871. The van der Waals surface area contributed by atoms with Crippen molar-refractivity contribution in [2.75, 3.05) is 4.90 Å². The van der Waals surface area contributed by atoms with E-state index < -0.39 is 5.66 Å². The number of rotatable bonds is 4. The number of carbonyl (C=O) groups excluding carboxylic acids is 3. The first kappa shape index (κ1) is 19.2. The van der Waals surface area contributed by atoms with Gasteiger partial charge in [-0.2, -0.15) is 0 Å². The molecule has 1 saturated heterocycles. The van der Waals surface area contributed by atoms with E-state index in [1.54, 1.807) is 29.2 Å². The van der Waals surface area contributed by atoms with Gasteiger partial charge >= 0.3 is 0 Å². The maximum Gasteiger partial charge on any atom is 0.267 e. The molecule has 6 heteroatoms. The third kappa shape index (κ3) is 2.90. The number of hydrogen-bond donors (Lipinski definition) is 1. The van der Waals surface area contributed by atoms with Crippen LogP contribution in [0.3, 0.4) is 0 Å². The Labute approximate surface area is 170 Å². The Balaban J connectivity index is 1.75. The average molecular weight is 391 g/mol. The van der Waals surface area contributed by atoms with Crippen molar-refractivity contribution in [1.82, 2.24) is 10.2 Å². The molecule has 0 aromatic heterocycles. The van der Waals surface area contributed by atoms with Crippen LogP contribution in [0.15, 0.2) is 48.5 Å². The van der Waals surface area contributed by atoms with Gasteiger partial charge in [0.15, 0.2) is 0 Å². The largest absolute Gasteiger partial charge is 0.348 e. The van der Waals surface area contributed by atoms with Crippen molar-refractivity contribution in [3.8, 4) is 0 Å². The van der Waals surface area contributed by atoms with Crippen LogP contribution in [0.25, 0.3) is 0 Å². The van der Waals surface area contributed by atoms with Crippen LogP contribution in [-0.4, -0.2) is 34.3 Å². The molecule has 0 spiro atoms. The molecule has 0 radical (unpaired) electrons. The third-order valence-electron chi connectivity index (χ3n) is 5.75. The first-order valence-electron chi connectivity index (χ1n) is 9.96. The predicted octanol–water partition coefficient (Wildman–Crippen LogP) is 3.00. The van der Waals surface area contributed by atoms with Crippen LogP contribution in [0.4, 0.5) is 5.69 Å². The maximum absolute atomic E-state index is 13.6. The summed E-state index contributed by atoms with van der Waals surface area (Å²) in [5, 5.41) is 2.98. The fourth-order valence-corrected chi connectivity index (χ4v) is 4.44. The Hall–Kier alpha value is -3.15. The second-order valence-electron chi connectivity index (χ2n) is 8.00. The highest BCUT2D eigenvalue weighted by molar-refractivity contribution is 6.16. The lowest BCUT2D eigenvalue weighted by atomic mass is 9.94. The van der Waals surface area contributed by atoms with Crippen molar-refractivity contribution in [3.05, 3.63) is 65.2 Å². The molecule has 2 aliphatic rings. The zero-order chi connectivity index (χ0) is 20.8. The van der Waals surface area contributed by atoms with Crippen LogP contribution in [0, 0.1) is 6.92 Å². The second kappa shape index (κ2) is 7.03. The Morgan fingerprint density at radius 1 is 1.10 bits per heavy atom. The van der Waals surface area contributed by atoms with E-state index in [9.17, 15) is 14.4 Å². The maximum atomic E-state index is 13.6. The molecule has 2 aromatic carbocycles. The van der Waals surface area contributed by atoms with Crippen molar-refractivity contribution in [1.29, 1.82) is 0 Å². The van der Waals surface area contributed by atoms with Crippen LogP contribution in [0.1, 0.15) is 48.2 Å². The number of para-hydroxylation sites is 1. The van der Waals surface area contributed by atoms with Crippen LogP contribution in [0.5, 0.6) is 0 Å². The minimum absolute atomic E-state index is 0.138. The molecular weight excluding hydrogens is 366 g/mol. The van der Waals surface area contributed by atoms with Gasteiger partial charge in [0.05, 0.1) is 11.3 Å². The third-order valence-corrected chi connectivity index (χ3v) is 5.75. The van der Waals surface area contributed by atoms with E-state index >= 15 is 0 Å². The Kier molecular flexibility index (Phi) is 4.65. The topological polar surface area (TPSA) is 69.7 Å². The molecule has 3 amide bonds. The Morgan fingerprint density at radius 3 is 2.48 bits per heavy atom. The molecule has 2 aromatic rings. The van der Waals surface area contributed by atoms with Crippen LogP contribution in [0.2, 0.25) is 0 Å². The van der Waals surface area contributed by atoms with Crippen LogP contribution >= 0.6 is 0 Å². The fourth-order valence-electron chi connectivity index (χ4n) is 4.44. The van der Waals surface area contributed by atoms with E-state index in [2.05, 4.69) is 5.32 Å². The van der Waals surface area contributed by atoms with Crippen LogP contribution < -0.4 is 10.2 Å². The van der Waals surface area contributed by atoms with E-state index in [1.165, 1.54) is 4.90 Å². The monoisotopic (exact) mass is 391 g/mol. The summed E-state index contributed by atoms with van der Waals surface area (Å²) in [7, 11) is 0. The average Bonchev–Trinajstić information content (AvgIpc) is 3.05. The summed E-state index contributed by atoms with van der Waals surface area (Å²) in [5.74, 6) is -0.673. The summed E-state index contributed by atoms with van der Waals surface area (Å²) in [4.78, 5) is 42.9. The fraction of sp³-hybridized carbons (Fsp3) is 0.348. The van der Waals surface area contributed by atoms with E-state index in [1.807, 2.05) is 45.0 Å². The SMILES string of the molecule is Cc1ccc(CNC(=O)[C@@]23CCC(=O)N2c2ccccc2C(=O)N3C(C)C)cc1. The van der Waals surface area contributed by atoms with E-state index in [0.29, 0.717) is 17.8 Å². The molecule has 1 N–H and O–H groups in total. The minimum Gasteiger partial charge on any atom is -0.348 e. The lowest BCUT2D eigenvalue weighted by molar-refractivity contribution is -0.134. The standard InChI is InChI=1S/C23H25N3O3/c1-15(2)25-21(28)18-6-4-5-7-19(18)26-20(27)12-13-23(25,26)22(29)24-14-17-10-8-16(3)9-11-17/h4-11,15H,12-14H2,1-3H3,(H,24,29)/t23-/m1/s1. The van der Waals surface area contributed by atoms with Crippen molar-refractivity contribution in [2.24, 2.45) is 0 Å². The molecule has 29 heavy (non-hydrogen) atoms. The van der Waals surface area contributed by atoms with Gasteiger partial charge in [-0.15, -0.1) is 0 Å². The zero-order valence-electron chi connectivity index (χ0n) is 16.9. The number of amides is 3. The van der Waals surface area contributed by atoms with Crippen molar-refractivity contribution >= 4 is 23.4 Å². The second-order valence-corrected chi connectivity index (χ2v) is 8.00. The van der Waals surface area contributed by atoms with Gasteiger partial charge < -0.3 is 10.2 Å². The van der Waals surface area contributed by atoms with Crippen molar-refractivity contribution in [3.63, 3.8) is 0 Å². The lowest BCUT2D eigenvalue weighted by Gasteiger charge is -2.50. The molecule has 2 aliphatic heterocycles. The van der Waals surface area contributed by atoms with Gasteiger partial charge in [0, 0.05) is 25.4 Å². The summed E-state index contributed by atoms with van der Waals surface area (Å²) >= 11 is 0. The number of carbonyl (C=O) groups is 3. The number of fused-ring (bicyclic) bond motifs is 3. The summed E-state index contributed by atoms with van der Waals surface area (Å²) in [6.07, 6.45) is 0.507. The normalized spacial score (nSPS) is 20.7. The van der Waals surface area contributed by atoms with Gasteiger partial charge in [0.2, 0.25) is 11.6 Å². The summed E-state index contributed by atoms with van der Waals surface area (Å²) in [5.41, 5.74) is 1.75. The molecule has 0 saturated carbocycles.